The summed E-state index contributed by atoms with van der Waals surface area (Å²) in [7, 11) is 0. The minimum Gasteiger partial charge on any atom is -0.457 e. The first-order valence-electron chi connectivity index (χ1n) is 6.00. The Labute approximate surface area is 127 Å². The fourth-order valence-corrected chi connectivity index (χ4v) is 2.70. The minimum absolute atomic E-state index is 0.0143. The molecule has 104 valence electrons. The zero-order valence-electron chi connectivity index (χ0n) is 11.0. The van der Waals surface area contributed by atoms with E-state index in [0.29, 0.717) is 16.5 Å². The largest absolute Gasteiger partial charge is 0.457 e. The van der Waals surface area contributed by atoms with Crippen molar-refractivity contribution >= 4 is 29.0 Å². The van der Waals surface area contributed by atoms with Crippen molar-refractivity contribution in [2.75, 3.05) is 6.26 Å². The molecule has 0 spiro atoms. The summed E-state index contributed by atoms with van der Waals surface area (Å²) in [6, 6.07) is 12.9. The first-order valence-corrected chi connectivity index (χ1v) is 7.63. The van der Waals surface area contributed by atoms with Gasteiger partial charge in [0.2, 0.25) is 0 Å². The Morgan fingerprint density at radius 2 is 1.95 bits per heavy atom. The maximum Gasteiger partial charge on any atom is 0.138 e. The van der Waals surface area contributed by atoms with E-state index in [1.807, 2.05) is 36.6 Å². The predicted molar refractivity (Wildman–Crippen MR) is 86.5 cm³/mol. The maximum absolute atomic E-state index is 9.03. The van der Waals surface area contributed by atoms with Crippen LogP contribution in [0.25, 0.3) is 0 Å². The third-order valence-corrected chi connectivity index (χ3v) is 3.77. The number of thiocarbonyl (C=S) groups is 1. The van der Waals surface area contributed by atoms with Gasteiger partial charge in [0.15, 0.2) is 0 Å². The lowest BCUT2D eigenvalue weighted by Crippen LogP contribution is -2.12. The van der Waals surface area contributed by atoms with Crippen LogP contribution in [0.15, 0.2) is 47.4 Å². The molecule has 3 nitrogen and oxygen atoms in total. The van der Waals surface area contributed by atoms with Gasteiger partial charge in [0.1, 0.15) is 16.5 Å². The normalized spacial score (nSPS) is 10.3. The third-order valence-electron chi connectivity index (χ3n) is 2.79. The van der Waals surface area contributed by atoms with Gasteiger partial charge in [0.05, 0.1) is 12.2 Å². The quantitative estimate of drug-likeness (QED) is 0.655. The number of hydrogen-bond acceptors (Lipinski definition) is 4. The molecule has 0 fully saturated rings. The van der Waals surface area contributed by atoms with E-state index in [0.717, 1.165) is 16.0 Å². The number of hydrogen-bond donors (Lipinski definition) is 2. The fourth-order valence-electron chi connectivity index (χ4n) is 1.80. The van der Waals surface area contributed by atoms with Crippen molar-refractivity contribution in [1.82, 2.24) is 0 Å². The summed E-state index contributed by atoms with van der Waals surface area (Å²) >= 11 is 6.68. The van der Waals surface area contributed by atoms with Crippen LogP contribution in [0.5, 0.6) is 11.5 Å². The molecule has 2 rings (SSSR count). The maximum atomic E-state index is 9.03. The van der Waals surface area contributed by atoms with Crippen molar-refractivity contribution < 1.29 is 9.84 Å². The second-order valence-electron chi connectivity index (χ2n) is 4.10. The molecule has 5 heteroatoms. The standard InChI is InChI=1S/C15H15NO2S2/c1-20-13-4-2-3-12(14(13)15(16)19)18-11-7-5-10(9-17)6-8-11/h2-8,17H,9H2,1H3,(H2,16,19). The first-order chi connectivity index (χ1) is 9.65. The van der Waals surface area contributed by atoms with Crippen LogP contribution in [-0.2, 0) is 6.61 Å². The van der Waals surface area contributed by atoms with E-state index in [2.05, 4.69) is 0 Å². The van der Waals surface area contributed by atoms with E-state index in [-0.39, 0.29) is 6.61 Å². The van der Waals surface area contributed by atoms with Gasteiger partial charge in [-0.05, 0) is 36.1 Å². The van der Waals surface area contributed by atoms with Crippen LogP contribution in [0.2, 0.25) is 0 Å². The highest BCUT2D eigenvalue weighted by atomic mass is 32.2. The summed E-state index contributed by atoms with van der Waals surface area (Å²) in [4.78, 5) is 1.30. The van der Waals surface area contributed by atoms with Crippen LogP contribution < -0.4 is 10.5 Å². The van der Waals surface area contributed by atoms with E-state index < -0.39 is 0 Å². The Morgan fingerprint density at radius 3 is 2.50 bits per heavy atom. The van der Waals surface area contributed by atoms with Crippen molar-refractivity contribution in [1.29, 1.82) is 0 Å². The second kappa shape index (κ2) is 6.74. The molecule has 0 heterocycles. The third kappa shape index (κ3) is 3.30. The Bertz CT molecular complexity index is 612. The molecule has 3 N–H and O–H groups in total. The van der Waals surface area contributed by atoms with Crippen LogP contribution in [-0.4, -0.2) is 16.4 Å². The Balaban J connectivity index is 2.34. The molecule has 0 aliphatic rings. The lowest BCUT2D eigenvalue weighted by atomic mass is 10.2. The van der Waals surface area contributed by atoms with E-state index in [1.165, 1.54) is 0 Å². The smallest absolute Gasteiger partial charge is 0.138 e. The summed E-state index contributed by atoms with van der Waals surface area (Å²) in [6.45, 7) is 0.0143. The van der Waals surface area contributed by atoms with Crippen molar-refractivity contribution in [2.24, 2.45) is 5.73 Å². The van der Waals surface area contributed by atoms with Gasteiger partial charge in [-0.1, -0.05) is 30.4 Å². The van der Waals surface area contributed by atoms with Gasteiger partial charge >= 0.3 is 0 Å². The average Bonchev–Trinajstić information content (AvgIpc) is 2.47. The van der Waals surface area contributed by atoms with E-state index in [1.54, 1.807) is 23.9 Å². The number of aliphatic hydroxyl groups excluding tert-OH is 1. The summed E-state index contributed by atoms with van der Waals surface area (Å²) < 4.78 is 5.85. The van der Waals surface area contributed by atoms with Gasteiger partial charge in [0.25, 0.3) is 0 Å². The van der Waals surface area contributed by atoms with Gasteiger partial charge in [-0.15, -0.1) is 11.8 Å². The van der Waals surface area contributed by atoms with E-state index in [9.17, 15) is 0 Å². The molecule has 0 radical (unpaired) electrons. The molecule has 0 unspecified atom stereocenters. The summed E-state index contributed by atoms with van der Waals surface area (Å²) in [5.74, 6) is 1.32. The zero-order chi connectivity index (χ0) is 14.5. The fraction of sp³-hybridized carbons (Fsp3) is 0.133. The number of rotatable bonds is 5. The Kier molecular flexibility index (Phi) is 5.00. The number of aliphatic hydroxyl groups is 1. The van der Waals surface area contributed by atoms with Crippen LogP contribution in [0, 0.1) is 0 Å². The van der Waals surface area contributed by atoms with Crippen molar-refractivity contribution in [3.05, 3.63) is 53.6 Å². The molecule has 0 bridgehead atoms. The van der Waals surface area contributed by atoms with Crippen LogP contribution in [0.4, 0.5) is 0 Å². The van der Waals surface area contributed by atoms with E-state index in [4.69, 9.17) is 27.8 Å². The molecule has 0 aliphatic heterocycles. The summed E-state index contributed by atoms with van der Waals surface area (Å²) in [6.07, 6.45) is 1.97. The van der Waals surface area contributed by atoms with Gasteiger partial charge < -0.3 is 15.6 Å². The number of nitrogens with two attached hydrogens (primary N) is 1. The zero-order valence-corrected chi connectivity index (χ0v) is 12.6. The molecule has 0 aromatic heterocycles. The predicted octanol–water partition coefficient (Wildman–Crippen LogP) is 3.33. The average molecular weight is 305 g/mol. The Hall–Kier alpha value is -1.56. The van der Waals surface area contributed by atoms with Crippen molar-refractivity contribution in [2.45, 2.75) is 11.5 Å². The highest BCUT2D eigenvalue weighted by Crippen LogP contribution is 2.32. The van der Waals surface area contributed by atoms with Gasteiger partial charge in [0, 0.05) is 4.90 Å². The van der Waals surface area contributed by atoms with Crippen LogP contribution >= 0.6 is 24.0 Å². The van der Waals surface area contributed by atoms with E-state index >= 15 is 0 Å². The SMILES string of the molecule is CSc1cccc(Oc2ccc(CO)cc2)c1C(N)=S. The van der Waals surface area contributed by atoms with Crippen molar-refractivity contribution in [3.8, 4) is 11.5 Å². The monoisotopic (exact) mass is 305 g/mol. The lowest BCUT2D eigenvalue weighted by molar-refractivity contribution is 0.281. The van der Waals surface area contributed by atoms with Crippen molar-refractivity contribution in [3.63, 3.8) is 0 Å². The first kappa shape index (κ1) is 14.8. The van der Waals surface area contributed by atoms with Crippen LogP contribution in [0.1, 0.15) is 11.1 Å². The number of ether oxygens (including phenoxy) is 1. The molecule has 0 atom stereocenters. The second-order valence-corrected chi connectivity index (χ2v) is 5.39. The lowest BCUT2D eigenvalue weighted by Gasteiger charge is -2.13. The molecule has 0 saturated heterocycles. The molecule has 2 aromatic carbocycles. The number of benzene rings is 2. The minimum atomic E-state index is 0.0143. The molecular weight excluding hydrogens is 290 g/mol. The molecule has 0 amide bonds. The van der Waals surface area contributed by atoms with Crippen LogP contribution in [0.3, 0.4) is 0 Å². The summed E-state index contributed by atoms with van der Waals surface area (Å²) in [5.41, 5.74) is 7.38. The highest BCUT2D eigenvalue weighted by Gasteiger charge is 2.12. The van der Waals surface area contributed by atoms with Gasteiger partial charge in [-0.2, -0.15) is 0 Å². The van der Waals surface area contributed by atoms with Gasteiger partial charge in [-0.25, -0.2) is 0 Å². The molecule has 0 saturated carbocycles. The Morgan fingerprint density at radius 1 is 1.25 bits per heavy atom. The summed E-state index contributed by atoms with van der Waals surface area (Å²) in [5, 5.41) is 9.03. The molecule has 20 heavy (non-hydrogen) atoms. The molecule has 0 aliphatic carbocycles. The molecule has 2 aromatic rings. The topological polar surface area (TPSA) is 55.5 Å². The molecular formula is C15H15NO2S2. The van der Waals surface area contributed by atoms with Gasteiger partial charge in [-0.3, -0.25) is 0 Å². The number of thioether (sulfide) groups is 1. The highest BCUT2D eigenvalue weighted by molar-refractivity contribution is 7.98.